The molecule has 1 saturated carbocycles. The predicted octanol–water partition coefficient (Wildman–Crippen LogP) is 2.06. The van der Waals surface area contributed by atoms with Crippen LogP contribution in [0.1, 0.15) is 31.7 Å². The third-order valence-electron chi connectivity index (χ3n) is 4.84. The SMILES string of the molecule is OC1CCC(COc2nc(Nc3cnn(C4COC4)c3)ncc2F)CC1. The van der Waals surface area contributed by atoms with Gasteiger partial charge < -0.3 is 19.9 Å². The van der Waals surface area contributed by atoms with Gasteiger partial charge in [0.2, 0.25) is 11.8 Å². The molecule has 0 bridgehead atoms. The Balaban J connectivity index is 1.36. The van der Waals surface area contributed by atoms with Gasteiger partial charge in [-0.25, -0.2) is 4.98 Å². The van der Waals surface area contributed by atoms with Crippen LogP contribution in [0.25, 0.3) is 0 Å². The van der Waals surface area contributed by atoms with Crippen molar-refractivity contribution in [1.29, 1.82) is 0 Å². The topological polar surface area (TPSA) is 94.3 Å². The van der Waals surface area contributed by atoms with E-state index < -0.39 is 5.82 Å². The van der Waals surface area contributed by atoms with E-state index in [1.807, 2.05) is 10.9 Å². The Kier molecular flexibility index (Phi) is 4.98. The number of rotatable bonds is 6. The Morgan fingerprint density at radius 2 is 2.08 bits per heavy atom. The molecule has 8 nitrogen and oxygen atoms in total. The molecule has 0 spiro atoms. The average Bonchev–Trinajstić information content (AvgIpc) is 3.03. The van der Waals surface area contributed by atoms with Crippen molar-refractivity contribution in [2.24, 2.45) is 5.92 Å². The highest BCUT2D eigenvalue weighted by molar-refractivity contribution is 5.50. The van der Waals surface area contributed by atoms with Gasteiger partial charge in [0.05, 0.1) is 50.0 Å². The maximum Gasteiger partial charge on any atom is 0.255 e. The Labute approximate surface area is 150 Å². The van der Waals surface area contributed by atoms with E-state index in [0.29, 0.717) is 25.7 Å². The second-order valence-corrected chi connectivity index (χ2v) is 6.86. The van der Waals surface area contributed by atoms with Crippen LogP contribution in [0.2, 0.25) is 0 Å². The Morgan fingerprint density at radius 1 is 1.27 bits per heavy atom. The van der Waals surface area contributed by atoms with Gasteiger partial charge in [-0.3, -0.25) is 4.68 Å². The molecule has 1 aliphatic heterocycles. The van der Waals surface area contributed by atoms with Crippen molar-refractivity contribution in [2.45, 2.75) is 37.8 Å². The summed E-state index contributed by atoms with van der Waals surface area (Å²) in [6.07, 6.45) is 7.68. The zero-order chi connectivity index (χ0) is 17.9. The molecule has 1 aliphatic carbocycles. The van der Waals surface area contributed by atoms with Crippen LogP contribution in [0.15, 0.2) is 18.6 Å². The number of anilines is 2. The third kappa shape index (κ3) is 3.94. The summed E-state index contributed by atoms with van der Waals surface area (Å²) in [7, 11) is 0. The summed E-state index contributed by atoms with van der Waals surface area (Å²) in [5, 5.41) is 16.8. The first kappa shape index (κ1) is 17.2. The molecular formula is C17H22FN5O3. The predicted molar refractivity (Wildman–Crippen MR) is 90.8 cm³/mol. The van der Waals surface area contributed by atoms with E-state index in [-0.39, 0.29) is 24.0 Å². The minimum Gasteiger partial charge on any atom is -0.475 e. The fraction of sp³-hybridized carbons (Fsp3) is 0.588. The molecular weight excluding hydrogens is 341 g/mol. The van der Waals surface area contributed by atoms with Gasteiger partial charge in [0.15, 0.2) is 0 Å². The normalized spacial score (nSPS) is 23.5. The highest BCUT2D eigenvalue weighted by Crippen LogP contribution is 2.26. The van der Waals surface area contributed by atoms with E-state index >= 15 is 0 Å². The number of aromatic nitrogens is 4. The molecule has 2 N–H and O–H groups in total. The minimum absolute atomic E-state index is 0.0617. The molecule has 0 unspecified atom stereocenters. The molecule has 140 valence electrons. The van der Waals surface area contributed by atoms with Gasteiger partial charge in [0.1, 0.15) is 0 Å². The summed E-state index contributed by atoms with van der Waals surface area (Å²) in [5.74, 6) is -0.0842. The molecule has 2 aromatic rings. The van der Waals surface area contributed by atoms with Gasteiger partial charge in [-0.05, 0) is 31.6 Å². The fourth-order valence-electron chi connectivity index (χ4n) is 3.13. The van der Waals surface area contributed by atoms with Gasteiger partial charge in [-0.1, -0.05) is 0 Å². The van der Waals surface area contributed by atoms with E-state index in [4.69, 9.17) is 9.47 Å². The molecule has 0 amide bonds. The summed E-state index contributed by atoms with van der Waals surface area (Å²) in [6.45, 7) is 1.70. The molecule has 4 rings (SSSR count). The minimum atomic E-state index is -0.589. The Hall–Kier alpha value is -2.26. The lowest BCUT2D eigenvalue weighted by atomic mass is 9.88. The third-order valence-corrected chi connectivity index (χ3v) is 4.84. The number of ether oxygens (including phenoxy) is 2. The second-order valence-electron chi connectivity index (χ2n) is 6.86. The van der Waals surface area contributed by atoms with Crippen LogP contribution in [0.5, 0.6) is 5.88 Å². The first-order chi connectivity index (χ1) is 12.7. The molecule has 9 heteroatoms. The highest BCUT2D eigenvalue weighted by Gasteiger charge is 2.22. The number of aliphatic hydroxyl groups is 1. The summed E-state index contributed by atoms with van der Waals surface area (Å²) < 4.78 is 26.5. The van der Waals surface area contributed by atoms with Crippen molar-refractivity contribution in [3.8, 4) is 5.88 Å². The zero-order valence-corrected chi connectivity index (χ0v) is 14.3. The van der Waals surface area contributed by atoms with E-state index in [0.717, 1.165) is 37.6 Å². The molecule has 2 fully saturated rings. The Morgan fingerprint density at radius 3 is 2.81 bits per heavy atom. The van der Waals surface area contributed by atoms with Crippen molar-refractivity contribution in [3.63, 3.8) is 0 Å². The lowest BCUT2D eigenvalue weighted by Gasteiger charge is -2.25. The first-order valence-electron chi connectivity index (χ1n) is 8.89. The summed E-state index contributed by atoms with van der Waals surface area (Å²) in [4.78, 5) is 8.08. The van der Waals surface area contributed by atoms with Crippen molar-refractivity contribution in [2.75, 3.05) is 25.1 Å². The first-order valence-corrected chi connectivity index (χ1v) is 8.89. The number of nitrogens with one attached hydrogen (secondary N) is 1. The van der Waals surface area contributed by atoms with Crippen molar-refractivity contribution < 1.29 is 19.0 Å². The van der Waals surface area contributed by atoms with E-state index in [9.17, 15) is 9.50 Å². The molecule has 26 heavy (non-hydrogen) atoms. The van der Waals surface area contributed by atoms with Gasteiger partial charge in [0.25, 0.3) is 5.88 Å². The van der Waals surface area contributed by atoms with Gasteiger partial charge >= 0.3 is 0 Å². The quantitative estimate of drug-likeness (QED) is 0.811. The maximum atomic E-state index is 13.9. The standard InChI is InChI=1S/C17H22FN5O3/c18-15-6-19-17(21-12-5-20-23(7-12)13-9-25-10-13)22-16(15)26-8-11-1-3-14(24)4-2-11/h5-7,11,13-14,24H,1-4,8-10H2,(H,19,21,22). The van der Waals surface area contributed by atoms with Gasteiger partial charge in [-0.2, -0.15) is 14.5 Å². The van der Waals surface area contributed by atoms with Crippen LogP contribution in [0, 0.1) is 11.7 Å². The highest BCUT2D eigenvalue weighted by atomic mass is 19.1. The summed E-state index contributed by atoms with van der Waals surface area (Å²) in [6, 6.07) is 0.257. The number of nitrogens with zero attached hydrogens (tertiary/aromatic N) is 4. The van der Waals surface area contributed by atoms with Crippen LogP contribution in [-0.4, -0.2) is 50.8 Å². The molecule has 0 aromatic carbocycles. The monoisotopic (exact) mass is 363 g/mol. The van der Waals surface area contributed by atoms with Gasteiger partial charge in [0, 0.05) is 6.20 Å². The van der Waals surface area contributed by atoms with E-state index in [1.165, 1.54) is 0 Å². The Bertz CT molecular complexity index is 744. The molecule has 2 aromatic heterocycles. The van der Waals surface area contributed by atoms with Crippen LogP contribution in [-0.2, 0) is 4.74 Å². The molecule has 1 saturated heterocycles. The van der Waals surface area contributed by atoms with Crippen molar-refractivity contribution >= 4 is 11.6 Å². The maximum absolute atomic E-state index is 13.9. The smallest absolute Gasteiger partial charge is 0.255 e. The van der Waals surface area contributed by atoms with Crippen LogP contribution in [0.3, 0.4) is 0 Å². The molecule has 3 heterocycles. The van der Waals surface area contributed by atoms with Crippen molar-refractivity contribution in [3.05, 3.63) is 24.4 Å². The van der Waals surface area contributed by atoms with Crippen molar-refractivity contribution in [1.82, 2.24) is 19.7 Å². The number of aliphatic hydroxyl groups excluding tert-OH is 1. The summed E-state index contributed by atoms with van der Waals surface area (Å²) in [5.41, 5.74) is 0.718. The molecule has 0 atom stereocenters. The number of halogens is 1. The van der Waals surface area contributed by atoms with Crippen LogP contribution >= 0.6 is 0 Å². The van der Waals surface area contributed by atoms with Crippen LogP contribution in [0.4, 0.5) is 16.0 Å². The molecule has 2 aliphatic rings. The van der Waals surface area contributed by atoms with Crippen LogP contribution < -0.4 is 10.1 Å². The summed E-state index contributed by atoms with van der Waals surface area (Å²) >= 11 is 0. The largest absolute Gasteiger partial charge is 0.475 e. The van der Waals surface area contributed by atoms with E-state index in [1.54, 1.807) is 6.20 Å². The number of hydrogen-bond acceptors (Lipinski definition) is 7. The lowest BCUT2D eigenvalue weighted by molar-refractivity contribution is -0.0286. The van der Waals surface area contributed by atoms with Gasteiger partial charge in [-0.15, -0.1) is 0 Å². The second kappa shape index (κ2) is 7.55. The lowest BCUT2D eigenvalue weighted by Crippen LogP contribution is -2.30. The fourth-order valence-corrected chi connectivity index (χ4v) is 3.13. The number of hydrogen-bond donors (Lipinski definition) is 2. The van der Waals surface area contributed by atoms with E-state index in [2.05, 4.69) is 20.4 Å². The zero-order valence-electron chi connectivity index (χ0n) is 14.3. The average molecular weight is 363 g/mol. The molecule has 0 radical (unpaired) electrons.